The number of ketones is 1. The zero-order chi connectivity index (χ0) is 10.9. The summed E-state index contributed by atoms with van der Waals surface area (Å²) in [6.07, 6.45) is 8.47. The van der Waals surface area contributed by atoms with Crippen molar-refractivity contribution in [3.63, 3.8) is 0 Å². The van der Waals surface area contributed by atoms with E-state index in [4.69, 9.17) is 0 Å². The van der Waals surface area contributed by atoms with Gasteiger partial charge in [0, 0.05) is 5.56 Å². The molecule has 78 valence electrons. The molecular formula is C14H16O. The third-order valence-corrected chi connectivity index (χ3v) is 2.11. The van der Waals surface area contributed by atoms with Gasteiger partial charge < -0.3 is 0 Å². The molecule has 0 saturated heterocycles. The van der Waals surface area contributed by atoms with Gasteiger partial charge in [-0.1, -0.05) is 42.5 Å². The second kappa shape index (κ2) is 6.77. The van der Waals surface area contributed by atoms with Crippen molar-refractivity contribution in [2.24, 2.45) is 0 Å². The zero-order valence-corrected chi connectivity index (χ0v) is 8.86. The smallest absolute Gasteiger partial charge is 0.185 e. The van der Waals surface area contributed by atoms with Crippen molar-refractivity contribution in [1.82, 2.24) is 0 Å². The lowest BCUT2D eigenvalue weighted by Gasteiger charge is -1.93. The molecule has 1 nitrogen and oxygen atoms in total. The third-order valence-electron chi connectivity index (χ3n) is 2.11. The highest BCUT2D eigenvalue weighted by atomic mass is 16.1. The highest BCUT2D eigenvalue weighted by Crippen LogP contribution is 2.02. The number of carbonyl (C=O) groups is 1. The Bertz CT molecular complexity index is 336. The number of hydrogen-bond donors (Lipinski definition) is 0. The number of hydrogen-bond acceptors (Lipinski definition) is 1. The van der Waals surface area contributed by atoms with Gasteiger partial charge in [0.25, 0.3) is 0 Å². The van der Waals surface area contributed by atoms with Crippen molar-refractivity contribution < 1.29 is 4.79 Å². The molecule has 0 radical (unpaired) electrons. The standard InChI is InChI=1S/C14H16O/c1-2-3-4-5-9-12-14(15)13-10-7-6-8-11-13/h2,6-12H,1,3-5H2/b12-9+. The van der Waals surface area contributed by atoms with Gasteiger partial charge >= 0.3 is 0 Å². The van der Waals surface area contributed by atoms with E-state index >= 15 is 0 Å². The summed E-state index contributed by atoms with van der Waals surface area (Å²) in [5.74, 6) is 0.0780. The second-order valence-corrected chi connectivity index (χ2v) is 3.35. The van der Waals surface area contributed by atoms with Crippen LogP contribution < -0.4 is 0 Å². The van der Waals surface area contributed by atoms with Crippen LogP contribution in [0.2, 0.25) is 0 Å². The minimum absolute atomic E-state index is 0.0780. The second-order valence-electron chi connectivity index (χ2n) is 3.35. The van der Waals surface area contributed by atoms with Crippen LogP contribution >= 0.6 is 0 Å². The third kappa shape index (κ3) is 4.41. The number of benzene rings is 1. The molecule has 0 amide bonds. The van der Waals surface area contributed by atoms with Gasteiger partial charge in [-0.2, -0.15) is 0 Å². The average Bonchev–Trinajstić information content (AvgIpc) is 2.30. The van der Waals surface area contributed by atoms with Crippen molar-refractivity contribution in [1.29, 1.82) is 0 Å². The van der Waals surface area contributed by atoms with E-state index < -0.39 is 0 Å². The molecule has 0 aromatic heterocycles. The first-order valence-electron chi connectivity index (χ1n) is 5.21. The minimum atomic E-state index is 0.0780. The van der Waals surface area contributed by atoms with Crippen LogP contribution in [0.4, 0.5) is 0 Å². The topological polar surface area (TPSA) is 17.1 Å². The number of carbonyl (C=O) groups excluding carboxylic acids is 1. The predicted octanol–water partition coefficient (Wildman–Crippen LogP) is 3.78. The molecule has 0 saturated carbocycles. The van der Waals surface area contributed by atoms with Gasteiger partial charge in [-0.15, -0.1) is 6.58 Å². The zero-order valence-electron chi connectivity index (χ0n) is 8.86. The van der Waals surface area contributed by atoms with E-state index in [0.717, 1.165) is 24.8 Å². The molecule has 1 heteroatoms. The van der Waals surface area contributed by atoms with Crippen molar-refractivity contribution in [3.05, 3.63) is 60.7 Å². The van der Waals surface area contributed by atoms with Gasteiger partial charge in [-0.05, 0) is 25.3 Å². The molecule has 0 atom stereocenters. The maximum atomic E-state index is 11.6. The molecule has 0 heterocycles. The fourth-order valence-electron chi connectivity index (χ4n) is 1.27. The van der Waals surface area contributed by atoms with Crippen molar-refractivity contribution in [2.45, 2.75) is 19.3 Å². The molecule has 0 unspecified atom stereocenters. The maximum absolute atomic E-state index is 11.6. The summed E-state index contributed by atoms with van der Waals surface area (Å²) in [7, 11) is 0. The lowest BCUT2D eigenvalue weighted by molar-refractivity contribution is 0.104. The van der Waals surface area contributed by atoms with Crippen molar-refractivity contribution in [3.8, 4) is 0 Å². The summed E-state index contributed by atoms with van der Waals surface area (Å²) in [6.45, 7) is 3.65. The van der Waals surface area contributed by atoms with Gasteiger partial charge in [-0.3, -0.25) is 4.79 Å². The van der Waals surface area contributed by atoms with Crippen LogP contribution in [-0.2, 0) is 0 Å². The van der Waals surface area contributed by atoms with Gasteiger partial charge in [0.15, 0.2) is 5.78 Å². The predicted molar refractivity (Wildman–Crippen MR) is 64.0 cm³/mol. The quantitative estimate of drug-likeness (QED) is 0.295. The van der Waals surface area contributed by atoms with Gasteiger partial charge in [0.2, 0.25) is 0 Å². The molecule has 0 spiro atoms. The SMILES string of the molecule is C=CCCC/C=C/C(=O)c1ccccc1. The molecular weight excluding hydrogens is 184 g/mol. The maximum Gasteiger partial charge on any atom is 0.185 e. The fraction of sp³-hybridized carbons (Fsp3) is 0.214. The monoisotopic (exact) mass is 200 g/mol. The van der Waals surface area contributed by atoms with E-state index in [1.54, 1.807) is 6.08 Å². The minimum Gasteiger partial charge on any atom is -0.289 e. The summed E-state index contributed by atoms with van der Waals surface area (Å²) in [6, 6.07) is 9.31. The number of rotatable bonds is 6. The van der Waals surface area contributed by atoms with Gasteiger partial charge in [-0.25, -0.2) is 0 Å². The Labute approximate surface area is 91.1 Å². The number of allylic oxidation sites excluding steroid dienone is 3. The van der Waals surface area contributed by atoms with E-state index in [-0.39, 0.29) is 5.78 Å². The molecule has 15 heavy (non-hydrogen) atoms. The summed E-state index contributed by atoms with van der Waals surface area (Å²) in [5.41, 5.74) is 0.748. The molecule has 1 aromatic rings. The molecule has 0 aliphatic heterocycles. The lowest BCUT2D eigenvalue weighted by atomic mass is 10.1. The summed E-state index contributed by atoms with van der Waals surface area (Å²) >= 11 is 0. The Morgan fingerprint density at radius 3 is 2.60 bits per heavy atom. The first kappa shape index (κ1) is 11.4. The van der Waals surface area contributed by atoms with Crippen LogP contribution in [0.25, 0.3) is 0 Å². The Morgan fingerprint density at radius 1 is 1.20 bits per heavy atom. The van der Waals surface area contributed by atoms with Gasteiger partial charge in [0.1, 0.15) is 0 Å². The Hall–Kier alpha value is -1.63. The lowest BCUT2D eigenvalue weighted by Crippen LogP contribution is -1.92. The molecule has 1 aromatic carbocycles. The highest BCUT2D eigenvalue weighted by molar-refractivity contribution is 6.04. The van der Waals surface area contributed by atoms with Crippen LogP contribution in [-0.4, -0.2) is 5.78 Å². The van der Waals surface area contributed by atoms with Crippen LogP contribution in [0.1, 0.15) is 29.6 Å². The molecule has 0 aliphatic carbocycles. The highest BCUT2D eigenvalue weighted by Gasteiger charge is 1.97. The molecule has 0 N–H and O–H groups in total. The Kier molecular flexibility index (Phi) is 5.16. The molecule has 0 bridgehead atoms. The summed E-state index contributed by atoms with van der Waals surface area (Å²) in [4.78, 5) is 11.6. The molecule has 0 aliphatic rings. The summed E-state index contributed by atoms with van der Waals surface area (Å²) < 4.78 is 0. The van der Waals surface area contributed by atoms with Crippen LogP contribution in [0.5, 0.6) is 0 Å². The van der Waals surface area contributed by atoms with Crippen LogP contribution in [0.15, 0.2) is 55.1 Å². The van der Waals surface area contributed by atoms with E-state index in [1.165, 1.54) is 0 Å². The average molecular weight is 200 g/mol. The van der Waals surface area contributed by atoms with E-state index in [9.17, 15) is 4.79 Å². The Morgan fingerprint density at radius 2 is 1.93 bits per heavy atom. The first-order chi connectivity index (χ1) is 7.34. The van der Waals surface area contributed by atoms with Crippen LogP contribution in [0, 0.1) is 0 Å². The first-order valence-corrected chi connectivity index (χ1v) is 5.21. The Balaban J connectivity index is 2.39. The normalized spacial score (nSPS) is 10.4. The van der Waals surface area contributed by atoms with Gasteiger partial charge in [0.05, 0.1) is 0 Å². The molecule has 1 rings (SSSR count). The van der Waals surface area contributed by atoms with Crippen LogP contribution in [0.3, 0.4) is 0 Å². The van der Waals surface area contributed by atoms with E-state index in [2.05, 4.69) is 6.58 Å². The van der Waals surface area contributed by atoms with Crippen molar-refractivity contribution in [2.75, 3.05) is 0 Å². The van der Waals surface area contributed by atoms with E-state index in [0.29, 0.717) is 0 Å². The summed E-state index contributed by atoms with van der Waals surface area (Å²) in [5, 5.41) is 0. The fourth-order valence-corrected chi connectivity index (χ4v) is 1.27. The largest absolute Gasteiger partial charge is 0.289 e. The van der Waals surface area contributed by atoms with E-state index in [1.807, 2.05) is 42.5 Å². The number of unbranched alkanes of at least 4 members (excludes halogenated alkanes) is 2. The molecule has 0 fully saturated rings. The van der Waals surface area contributed by atoms with Crippen molar-refractivity contribution >= 4 is 5.78 Å².